The zero-order chi connectivity index (χ0) is 16.9. The molecule has 1 saturated heterocycles. The Morgan fingerprint density at radius 1 is 1.08 bits per heavy atom. The van der Waals surface area contributed by atoms with Gasteiger partial charge in [0.1, 0.15) is 0 Å². The Morgan fingerprint density at radius 2 is 1.79 bits per heavy atom. The van der Waals surface area contributed by atoms with Crippen molar-refractivity contribution in [3.8, 4) is 0 Å². The summed E-state index contributed by atoms with van der Waals surface area (Å²) in [5, 5.41) is 1.00. The van der Waals surface area contributed by atoms with Crippen molar-refractivity contribution in [2.45, 2.75) is 0 Å². The molecule has 4 nitrogen and oxygen atoms in total. The number of benzene rings is 2. The van der Waals surface area contributed by atoms with E-state index in [9.17, 15) is 4.79 Å². The third kappa shape index (κ3) is 3.75. The van der Waals surface area contributed by atoms with Crippen molar-refractivity contribution in [3.63, 3.8) is 0 Å². The number of carbonyl (C=O) groups is 1. The summed E-state index contributed by atoms with van der Waals surface area (Å²) >= 11 is 11.7. The number of carbonyl (C=O) groups excluding carboxylic acids is 1. The van der Waals surface area contributed by atoms with Gasteiger partial charge in [0.05, 0.1) is 18.9 Å². The number of rotatable bonds is 2. The number of anilines is 1. The number of thiocarbonyl (C=S) groups is 1. The maximum atomic E-state index is 13.1. The van der Waals surface area contributed by atoms with E-state index >= 15 is 0 Å². The zero-order valence-corrected chi connectivity index (χ0v) is 14.6. The average molecular weight is 361 g/mol. The molecule has 0 radical (unpaired) electrons. The normalized spacial score (nSPS) is 14.3. The van der Waals surface area contributed by atoms with E-state index < -0.39 is 0 Å². The summed E-state index contributed by atoms with van der Waals surface area (Å²) in [6.07, 6.45) is 0. The Morgan fingerprint density at radius 3 is 2.46 bits per heavy atom. The molecule has 3 rings (SSSR count). The average Bonchev–Trinajstić information content (AvgIpc) is 2.63. The molecule has 0 unspecified atom stereocenters. The van der Waals surface area contributed by atoms with Crippen LogP contribution in [0.2, 0.25) is 5.02 Å². The van der Waals surface area contributed by atoms with Crippen LogP contribution in [0.5, 0.6) is 0 Å². The second kappa shape index (κ2) is 7.75. The minimum absolute atomic E-state index is 0.194. The fourth-order valence-corrected chi connectivity index (χ4v) is 3.10. The molecule has 1 heterocycles. The SMILES string of the molecule is O=C(c1cccc(Cl)c1)N(C(=S)N1CCOCC1)c1ccccc1. The summed E-state index contributed by atoms with van der Waals surface area (Å²) in [6.45, 7) is 2.55. The van der Waals surface area contributed by atoms with E-state index in [0.29, 0.717) is 42.0 Å². The minimum Gasteiger partial charge on any atom is -0.378 e. The Hall–Kier alpha value is -1.95. The van der Waals surface area contributed by atoms with Gasteiger partial charge in [0.25, 0.3) is 5.91 Å². The first kappa shape index (κ1) is 16.9. The van der Waals surface area contributed by atoms with Crippen molar-refractivity contribution >= 4 is 40.5 Å². The van der Waals surface area contributed by atoms with Gasteiger partial charge in [0, 0.05) is 23.7 Å². The Kier molecular flexibility index (Phi) is 5.45. The summed E-state index contributed by atoms with van der Waals surface area (Å²) < 4.78 is 5.37. The van der Waals surface area contributed by atoms with Crippen molar-refractivity contribution in [2.24, 2.45) is 0 Å². The molecule has 1 aliphatic heterocycles. The van der Waals surface area contributed by atoms with E-state index in [2.05, 4.69) is 0 Å². The smallest absolute Gasteiger partial charge is 0.264 e. The second-order valence-electron chi connectivity index (χ2n) is 5.37. The lowest BCUT2D eigenvalue weighted by Gasteiger charge is -2.34. The summed E-state index contributed by atoms with van der Waals surface area (Å²) in [7, 11) is 0. The highest BCUT2D eigenvalue weighted by atomic mass is 35.5. The summed E-state index contributed by atoms with van der Waals surface area (Å²) in [5.74, 6) is -0.194. The predicted octanol–water partition coefficient (Wildman–Crippen LogP) is 3.60. The molecule has 0 aliphatic carbocycles. The number of nitrogens with zero attached hydrogens (tertiary/aromatic N) is 2. The zero-order valence-electron chi connectivity index (χ0n) is 13.0. The molecule has 1 amide bonds. The number of morpholine rings is 1. The van der Waals surface area contributed by atoms with Crippen LogP contribution in [0.15, 0.2) is 54.6 Å². The van der Waals surface area contributed by atoms with Gasteiger partial charge in [0.15, 0.2) is 5.11 Å². The molecule has 0 bridgehead atoms. The van der Waals surface area contributed by atoms with Crippen LogP contribution < -0.4 is 4.90 Å². The van der Waals surface area contributed by atoms with Crippen molar-refractivity contribution in [1.82, 2.24) is 4.90 Å². The van der Waals surface area contributed by atoms with Gasteiger partial charge >= 0.3 is 0 Å². The molecule has 0 aromatic heterocycles. The lowest BCUT2D eigenvalue weighted by atomic mass is 10.2. The highest BCUT2D eigenvalue weighted by Gasteiger charge is 2.26. The van der Waals surface area contributed by atoms with E-state index in [4.69, 9.17) is 28.6 Å². The number of para-hydroxylation sites is 1. The van der Waals surface area contributed by atoms with Gasteiger partial charge in [-0.2, -0.15) is 0 Å². The fraction of sp³-hybridized carbons (Fsp3) is 0.222. The van der Waals surface area contributed by atoms with Crippen molar-refractivity contribution in [1.29, 1.82) is 0 Å². The van der Waals surface area contributed by atoms with Crippen molar-refractivity contribution in [2.75, 3.05) is 31.2 Å². The monoisotopic (exact) mass is 360 g/mol. The number of hydrogen-bond donors (Lipinski definition) is 0. The molecule has 0 saturated carbocycles. The van der Waals surface area contributed by atoms with E-state index in [1.807, 2.05) is 35.2 Å². The van der Waals surface area contributed by atoms with Crippen LogP contribution in [0.1, 0.15) is 10.4 Å². The molecule has 0 atom stereocenters. The van der Waals surface area contributed by atoms with Crippen LogP contribution in [0.3, 0.4) is 0 Å². The predicted molar refractivity (Wildman–Crippen MR) is 99.7 cm³/mol. The van der Waals surface area contributed by atoms with E-state index in [1.165, 1.54) is 0 Å². The van der Waals surface area contributed by atoms with E-state index in [1.54, 1.807) is 29.2 Å². The van der Waals surface area contributed by atoms with Crippen molar-refractivity contribution in [3.05, 3.63) is 65.2 Å². The number of halogens is 1. The third-order valence-electron chi connectivity index (χ3n) is 3.76. The number of amides is 1. The van der Waals surface area contributed by atoms with Gasteiger partial charge in [-0.3, -0.25) is 9.69 Å². The maximum Gasteiger partial charge on any atom is 0.264 e. The third-order valence-corrected chi connectivity index (χ3v) is 4.44. The van der Waals surface area contributed by atoms with Gasteiger partial charge < -0.3 is 9.64 Å². The van der Waals surface area contributed by atoms with Crippen LogP contribution in [0.4, 0.5) is 5.69 Å². The Labute approximate surface area is 151 Å². The molecule has 24 heavy (non-hydrogen) atoms. The fourth-order valence-electron chi connectivity index (χ4n) is 2.54. The van der Waals surface area contributed by atoms with Gasteiger partial charge in [-0.15, -0.1) is 0 Å². The van der Waals surface area contributed by atoms with Crippen molar-refractivity contribution < 1.29 is 9.53 Å². The first-order valence-electron chi connectivity index (χ1n) is 7.68. The molecule has 0 spiro atoms. The molecule has 124 valence electrons. The van der Waals surface area contributed by atoms with E-state index in [-0.39, 0.29) is 5.91 Å². The van der Waals surface area contributed by atoms with Crippen LogP contribution >= 0.6 is 23.8 Å². The highest BCUT2D eigenvalue weighted by Crippen LogP contribution is 2.21. The van der Waals surface area contributed by atoms with Crippen LogP contribution in [0, 0.1) is 0 Å². The molecule has 2 aromatic carbocycles. The highest BCUT2D eigenvalue weighted by molar-refractivity contribution is 7.80. The summed E-state index contributed by atoms with van der Waals surface area (Å²) in [6, 6.07) is 16.3. The van der Waals surface area contributed by atoms with E-state index in [0.717, 1.165) is 5.69 Å². The molecular weight excluding hydrogens is 344 g/mol. The standard InChI is InChI=1S/C18H17ClN2O2S/c19-15-6-4-5-14(13-15)17(22)21(16-7-2-1-3-8-16)18(24)20-9-11-23-12-10-20/h1-8,13H,9-12H2. The second-order valence-corrected chi connectivity index (χ2v) is 6.17. The molecule has 2 aromatic rings. The molecule has 6 heteroatoms. The van der Waals surface area contributed by atoms with Gasteiger partial charge in [-0.05, 0) is 42.5 Å². The number of hydrogen-bond acceptors (Lipinski definition) is 3. The lowest BCUT2D eigenvalue weighted by molar-refractivity contribution is 0.0678. The van der Waals surface area contributed by atoms with Gasteiger partial charge in [-0.25, -0.2) is 0 Å². The Bertz CT molecular complexity index is 733. The quantitative estimate of drug-likeness (QED) is 0.766. The maximum absolute atomic E-state index is 13.1. The molecule has 1 fully saturated rings. The largest absolute Gasteiger partial charge is 0.378 e. The topological polar surface area (TPSA) is 32.8 Å². The lowest BCUT2D eigenvalue weighted by Crippen LogP contribution is -2.50. The van der Waals surface area contributed by atoms with Gasteiger partial charge in [-0.1, -0.05) is 35.9 Å². The Balaban J connectivity index is 1.95. The summed E-state index contributed by atoms with van der Waals surface area (Å²) in [5.41, 5.74) is 1.24. The summed E-state index contributed by atoms with van der Waals surface area (Å²) in [4.78, 5) is 16.7. The molecular formula is C18H17ClN2O2S. The minimum atomic E-state index is -0.194. The molecule has 0 N–H and O–H groups in total. The van der Waals surface area contributed by atoms with Crippen LogP contribution in [-0.2, 0) is 4.74 Å². The van der Waals surface area contributed by atoms with Crippen LogP contribution in [-0.4, -0.2) is 42.2 Å². The first-order valence-corrected chi connectivity index (χ1v) is 8.47. The number of ether oxygens (including phenoxy) is 1. The first-order chi connectivity index (χ1) is 11.7. The van der Waals surface area contributed by atoms with Gasteiger partial charge in [0.2, 0.25) is 0 Å². The van der Waals surface area contributed by atoms with Crippen LogP contribution in [0.25, 0.3) is 0 Å². The molecule has 1 aliphatic rings.